The van der Waals surface area contributed by atoms with Gasteiger partial charge in [0.15, 0.2) is 0 Å². The lowest BCUT2D eigenvalue weighted by Gasteiger charge is -2.38. The Morgan fingerprint density at radius 3 is 2.32 bits per heavy atom. The average Bonchev–Trinajstić information content (AvgIpc) is 3.57. The Bertz CT molecular complexity index is 771. The molecule has 2 saturated carbocycles. The first-order valence-corrected chi connectivity index (χ1v) is 10.8. The summed E-state index contributed by atoms with van der Waals surface area (Å²) in [6.45, 7) is 11.2. The highest BCUT2D eigenvalue weighted by Crippen LogP contribution is 2.46. The van der Waals surface area contributed by atoms with Crippen LogP contribution in [0.4, 0.5) is 5.69 Å². The fraction of sp³-hybridized carbons (Fsp3) is 0.667. The number of hydrogen-bond acceptors (Lipinski definition) is 3. The number of rotatable bonds is 5. The van der Waals surface area contributed by atoms with Crippen LogP contribution in [0, 0.1) is 36.7 Å². The molecule has 1 heterocycles. The monoisotopic (exact) mass is 378 g/mol. The van der Waals surface area contributed by atoms with Crippen molar-refractivity contribution < 1.29 is 9.47 Å². The molecule has 1 aliphatic heterocycles. The van der Waals surface area contributed by atoms with E-state index in [4.69, 9.17) is 16.0 Å². The second-order valence-electron chi connectivity index (χ2n) is 8.86. The van der Waals surface area contributed by atoms with E-state index in [-0.39, 0.29) is 0 Å². The number of ether oxygens (including phenoxy) is 2. The summed E-state index contributed by atoms with van der Waals surface area (Å²) < 4.78 is 11.2. The maximum absolute atomic E-state index is 9.45. The molecule has 1 aromatic carbocycles. The zero-order valence-corrected chi connectivity index (χ0v) is 16.8. The van der Waals surface area contributed by atoms with Gasteiger partial charge in [0, 0.05) is 0 Å². The first-order chi connectivity index (χ1) is 13.7. The molecule has 4 heteroatoms. The van der Waals surface area contributed by atoms with Gasteiger partial charge < -0.3 is 9.47 Å². The summed E-state index contributed by atoms with van der Waals surface area (Å²) in [5, 5.41) is 9.45. The Labute approximate surface area is 168 Å². The van der Waals surface area contributed by atoms with Crippen LogP contribution in [-0.4, -0.2) is 25.4 Å². The fourth-order valence-electron chi connectivity index (χ4n) is 5.34. The van der Waals surface area contributed by atoms with Crippen molar-refractivity contribution in [1.82, 2.24) is 0 Å². The quantitative estimate of drug-likeness (QED) is 0.490. The molecule has 4 nitrogen and oxygen atoms in total. The van der Waals surface area contributed by atoms with Crippen molar-refractivity contribution in [2.24, 2.45) is 11.8 Å². The molecule has 0 aromatic heterocycles. The predicted octanol–water partition coefficient (Wildman–Crippen LogP) is 5.67. The molecule has 2 aliphatic carbocycles. The van der Waals surface area contributed by atoms with Crippen molar-refractivity contribution in [3.63, 3.8) is 0 Å². The van der Waals surface area contributed by atoms with Crippen LogP contribution in [0.25, 0.3) is 4.85 Å². The Hall–Kier alpha value is -1.88. The summed E-state index contributed by atoms with van der Waals surface area (Å²) >= 11 is 0. The summed E-state index contributed by atoms with van der Waals surface area (Å²) in [5.74, 6) is 2.10. The molecule has 1 saturated heterocycles. The normalized spacial score (nSPS) is 32.3. The molecule has 148 valence electrons. The molecule has 0 bridgehead atoms. The first-order valence-electron chi connectivity index (χ1n) is 10.8. The third kappa shape index (κ3) is 4.24. The lowest BCUT2D eigenvalue weighted by molar-refractivity contribution is 0.00134. The highest BCUT2D eigenvalue weighted by atomic mass is 16.6. The second kappa shape index (κ2) is 8.64. The first kappa shape index (κ1) is 19.4. The predicted molar refractivity (Wildman–Crippen MR) is 108 cm³/mol. The molecule has 1 unspecified atom stereocenters. The number of hydrogen-bond donors (Lipinski definition) is 0. The number of benzene rings is 1. The molecule has 1 aromatic rings. The van der Waals surface area contributed by atoms with E-state index in [1.807, 2.05) is 13.0 Å². The van der Waals surface area contributed by atoms with Gasteiger partial charge in [0.25, 0.3) is 0 Å². The van der Waals surface area contributed by atoms with Crippen LogP contribution < -0.4 is 0 Å². The molecule has 28 heavy (non-hydrogen) atoms. The van der Waals surface area contributed by atoms with Crippen LogP contribution in [0.15, 0.2) is 12.1 Å². The van der Waals surface area contributed by atoms with Gasteiger partial charge in [-0.05, 0) is 87.2 Å². The zero-order chi connectivity index (χ0) is 19.5. The van der Waals surface area contributed by atoms with Crippen LogP contribution in [0.2, 0.25) is 0 Å². The minimum atomic E-state index is 0.372. The summed E-state index contributed by atoms with van der Waals surface area (Å²) in [4.78, 5) is 3.73. The average molecular weight is 379 g/mol. The van der Waals surface area contributed by atoms with E-state index >= 15 is 0 Å². The zero-order valence-electron chi connectivity index (χ0n) is 16.8. The molecular formula is C24H30N2O2. The number of nitrogens with zero attached hydrogens (tertiary/aromatic N) is 2. The molecular weight excluding hydrogens is 348 g/mol. The van der Waals surface area contributed by atoms with Gasteiger partial charge in [-0.3, -0.25) is 0 Å². The van der Waals surface area contributed by atoms with Gasteiger partial charge in [-0.1, -0.05) is 12.1 Å². The van der Waals surface area contributed by atoms with Crippen molar-refractivity contribution in [3.05, 3.63) is 40.2 Å². The smallest absolute Gasteiger partial charge is 0.208 e. The maximum Gasteiger partial charge on any atom is 0.208 e. The number of epoxide rings is 1. The van der Waals surface area contributed by atoms with E-state index in [2.05, 4.69) is 17.0 Å². The summed E-state index contributed by atoms with van der Waals surface area (Å²) in [7, 11) is 0. The largest absolute Gasteiger partial charge is 0.375 e. The van der Waals surface area contributed by atoms with Gasteiger partial charge in [-0.15, -0.1) is 0 Å². The summed E-state index contributed by atoms with van der Waals surface area (Å²) in [6.07, 6.45) is 10.6. The lowest BCUT2D eigenvalue weighted by atomic mass is 9.69. The molecule has 3 fully saturated rings. The van der Waals surface area contributed by atoms with Crippen LogP contribution in [0.1, 0.15) is 74.0 Å². The van der Waals surface area contributed by atoms with E-state index in [9.17, 15) is 5.26 Å². The molecule has 3 aliphatic rings. The third-order valence-electron chi connectivity index (χ3n) is 7.16. The van der Waals surface area contributed by atoms with Crippen molar-refractivity contribution >= 4 is 5.69 Å². The molecule has 4 rings (SSSR count). The van der Waals surface area contributed by atoms with Gasteiger partial charge in [0.1, 0.15) is 6.10 Å². The molecule has 0 N–H and O–H groups in total. The van der Waals surface area contributed by atoms with E-state index in [1.165, 1.54) is 38.5 Å². The minimum Gasteiger partial charge on any atom is -0.375 e. The molecule has 1 atom stereocenters. The molecule has 0 radical (unpaired) electrons. The van der Waals surface area contributed by atoms with Crippen molar-refractivity contribution in [1.29, 1.82) is 5.26 Å². The SMILES string of the molecule is [C-]#[N+]c1c(C2CCC(C3CCC(OCC4CO4)CC3)CC2)ccc(C)c1C#N. The third-order valence-corrected chi connectivity index (χ3v) is 7.16. The highest BCUT2D eigenvalue weighted by Gasteiger charge is 2.33. The minimum absolute atomic E-state index is 0.372. The van der Waals surface area contributed by atoms with Gasteiger partial charge in [0.05, 0.1) is 37.5 Å². The number of nitriles is 1. The van der Waals surface area contributed by atoms with Crippen molar-refractivity contribution in [2.45, 2.75) is 76.4 Å². The molecule has 0 spiro atoms. The van der Waals surface area contributed by atoms with E-state index < -0.39 is 0 Å². The number of aryl methyl sites for hydroxylation is 1. The topological polar surface area (TPSA) is 49.9 Å². The standard InChI is InChI=1S/C24H30N2O2/c1-16-3-12-22(24(26-2)23(16)13-25)19-6-4-17(5-7-19)18-8-10-20(11-9-18)27-14-21-15-28-21/h3,12,17-21H,4-11,14-15H2,1H3. The summed E-state index contributed by atoms with van der Waals surface area (Å²) in [5.41, 5.74) is 3.20. The maximum atomic E-state index is 9.45. The van der Waals surface area contributed by atoms with Crippen molar-refractivity contribution in [2.75, 3.05) is 13.2 Å². The Morgan fingerprint density at radius 1 is 1.11 bits per heavy atom. The van der Waals surface area contributed by atoms with Gasteiger partial charge in [0.2, 0.25) is 5.69 Å². The van der Waals surface area contributed by atoms with E-state index in [1.54, 1.807) is 0 Å². The Balaban J connectivity index is 1.31. The fourth-order valence-corrected chi connectivity index (χ4v) is 5.34. The van der Waals surface area contributed by atoms with Gasteiger partial charge in [-0.25, -0.2) is 4.85 Å². The highest BCUT2D eigenvalue weighted by molar-refractivity contribution is 5.67. The Kier molecular flexibility index (Phi) is 6.00. The van der Waals surface area contributed by atoms with Crippen LogP contribution in [0.5, 0.6) is 0 Å². The van der Waals surface area contributed by atoms with E-state index in [0.29, 0.717) is 29.4 Å². The van der Waals surface area contributed by atoms with Gasteiger partial charge in [-0.2, -0.15) is 5.26 Å². The van der Waals surface area contributed by atoms with Crippen LogP contribution in [-0.2, 0) is 9.47 Å². The van der Waals surface area contributed by atoms with Crippen LogP contribution in [0.3, 0.4) is 0 Å². The Morgan fingerprint density at radius 2 is 1.75 bits per heavy atom. The summed E-state index contributed by atoms with van der Waals surface area (Å²) in [6, 6.07) is 6.36. The van der Waals surface area contributed by atoms with Gasteiger partial charge >= 0.3 is 0 Å². The molecule has 0 amide bonds. The lowest BCUT2D eigenvalue weighted by Crippen LogP contribution is -2.29. The van der Waals surface area contributed by atoms with E-state index in [0.717, 1.165) is 49.0 Å². The van der Waals surface area contributed by atoms with Crippen molar-refractivity contribution in [3.8, 4) is 6.07 Å². The second-order valence-corrected chi connectivity index (χ2v) is 8.86. The van der Waals surface area contributed by atoms with Crippen LogP contribution >= 0.6 is 0 Å².